The van der Waals surface area contributed by atoms with Crippen LogP contribution in [0, 0.1) is 0 Å². The predicted molar refractivity (Wildman–Crippen MR) is 105 cm³/mol. The van der Waals surface area contributed by atoms with E-state index in [0.29, 0.717) is 16.9 Å². The van der Waals surface area contributed by atoms with Crippen LogP contribution in [0.4, 0.5) is 0 Å². The Bertz CT molecular complexity index is 1060. The fourth-order valence-corrected chi connectivity index (χ4v) is 2.92. The summed E-state index contributed by atoms with van der Waals surface area (Å²) in [6.07, 6.45) is 1.73. The van der Waals surface area contributed by atoms with Crippen LogP contribution in [0.5, 0.6) is 0 Å². The Kier molecular flexibility index (Phi) is 4.92. The number of aromatic nitrogens is 2. The summed E-state index contributed by atoms with van der Waals surface area (Å²) < 4.78 is 6.35. The molecule has 0 spiro atoms. The van der Waals surface area contributed by atoms with E-state index in [2.05, 4.69) is 16.9 Å². The van der Waals surface area contributed by atoms with Crippen molar-refractivity contribution in [3.05, 3.63) is 77.8 Å². The number of amides is 1. The van der Waals surface area contributed by atoms with Crippen molar-refractivity contribution >= 4 is 23.3 Å². The number of methoxy groups -OCH3 is 1. The van der Waals surface area contributed by atoms with E-state index in [-0.39, 0.29) is 11.5 Å². The Balaban J connectivity index is 1.88. The number of aliphatic hydroxyl groups excluding tert-OH is 1. The van der Waals surface area contributed by atoms with Gasteiger partial charge in [0, 0.05) is 6.20 Å². The van der Waals surface area contributed by atoms with Crippen molar-refractivity contribution in [3.63, 3.8) is 0 Å². The molecule has 0 atom stereocenters. The van der Waals surface area contributed by atoms with Crippen LogP contribution in [0.3, 0.4) is 0 Å². The number of carbonyl (C=O) groups is 2. The summed E-state index contributed by atoms with van der Waals surface area (Å²) in [5, 5.41) is 12.8. The van der Waals surface area contributed by atoms with Gasteiger partial charge in [-0.3, -0.25) is 9.20 Å². The molecule has 0 fully saturated rings. The van der Waals surface area contributed by atoms with E-state index in [9.17, 15) is 14.7 Å². The molecule has 3 rings (SSSR count). The molecular weight excluding hydrogens is 358 g/mol. The van der Waals surface area contributed by atoms with Gasteiger partial charge in [0.15, 0.2) is 0 Å². The lowest BCUT2D eigenvalue weighted by Crippen LogP contribution is -2.41. The molecular formula is C21H21N3O4. The molecule has 1 aromatic carbocycles. The van der Waals surface area contributed by atoms with Crippen LogP contribution in [-0.4, -0.2) is 33.5 Å². The first-order valence-electron chi connectivity index (χ1n) is 8.60. The first-order valence-corrected chi connectivity index (χ1v) is 8.60. The lowest BCUT2D eigenvalue weighted by Gasteiger charge is -2.27. The van der Waals surface area contributed by atoms with E-state index in [0.717, 1.165) is 5.56 Å². The minimum absolute atomic E-state index is 0.157. The molecule has 3 aromatic rings. The van der Waals surface area contributed by atoms with Gasteiger partial charge in [0.2, 0.25) is 0 Å². The van der Waals surface area contributed by atoms with Gasteiger partial charge in [0.1, 0.15) is 17.1 Å². The van der Waals surface area contributed by atoms with Crippen molar-refractivity contribution in [2.75, 3.05) is 7.11 Å². The molecule has 0 aliphatic rings. The first-order chi connectivity index (χ1) is 13.2. The van der Waals surface area contributed by atoms with Crippen molar-refractivity contribution < 1.29 is 19.4 Å². The highest BCUT2D eigenvalue weighted by atomic mass is 16.5. The number of benzene rings is 1. The van der Waals surface area contributed by atoms with Crippen molar-refractivity contribution in [2.45, 2.75) is 19.4 Å². The Morgan fingerprint density at radius 3 is 2.50 bits per heavy atom. The number of hydrogen-bond donors (Lipinski definition) is 2. The molecule has 2 N–H and O–H groups in total. The highest BCUT2D eigenvalue weighted by Gasteiger charge is 2.25. The minimum atomic E-state index is -0.724. The van der Waals surface area contributed by atoms with Gasteiger partial charge in [-0.05, 0) is 49.7 Å². The van der Waals surface area contributed by atoms with Crippen molar-refractivity contribution in [1.82, 2.24) is 14.7 Å². The Labute approximate surface area is 162 Å². The maximum atomic E-state index is 12.8. The third-order valence-electron chi connectivity index (χ3n) is 4.48. The van der Waals surface area contributed by atoms with Gasteiger partial charge < -0.3 is 15.2 Å². The molecule has 0 aliphatic carbocycles. The lowest BCUT2D eigenvalue weighted by atomic mass is 9.93. The molecule has 7 heteroatoms. The smallest absolute Gasteiger partial charge is 0.337 e. The molecule has 144 valence electrons. The summed E-state index contributed by atoms with van der Waals surface area (Å²) in [6.45, 7) is 7.24. The number of nitrogens with zero attached hydrogens (tertiary/aromatic N) is 2. The largest absolute Gasteiger partial charge is 0.506 e. The summed E-state index contributed by atoms with van der Waals surface area (Å²) in [5.41, 5.74) is 1.59. The average molecular weight is 379 g/mol. The Morgan fingerprint density at radius 2 is 1.89 bits per heavy atom. The van der Waals surface area contributed by atoms with E-state index < -0.39 is 17.4 Å². The van der Waals surface area contributed by atoms with E-state index >= 15 is 0 Å². The summed E-state index contributed by atoms with van der Waals surface area (Å²) in [7, 11) is 1.32. The normalized spacial score (nSPS) is 11.2. The zero-order valence-electron chi connectivity index (χ0n) is 15.9. The van der Waals surface area contributed by atoms with E-state index in [1.54, 1.807) is 47.0 Å². The number of esters is 1. The number of aliphatic hydroxyl groups is 1. The van der Waals surface area contributed by atoms with Gasteiger partial charge in [-0.25, -0.2) is 9.78 Å². The van der Waals surface area contributed by atoms with Crippen LogP contribution in [-0.2, 0) is 10.3 Å². The van der Waals surface area contributed by atoms with E-state index in [1.165, 1.54) is 13.2 Å². The zero-order chi connectivity index (χ0) is 20.5. The SMILES string of the molecule is C=C(O)c1cc(C(=O)NC(C)(C)c2ccc(C(=O)OC)cc2)nc2cccn12. The maximum Gasteiger partial charge on any atom is 0.337 e. The summed E-state index contributed by atoms with van der Waals surface area (Å²) in [5.74, 6) is -0.974. The zero-order valence-corrected chi connectivity index (χ0v) is 15.9. The summed E-state index contributed by atoms with van der Waals surface area (Å²) in [6, 6.07) is 11.8. The standard InChI is InChI=1S/C21H21N3O4/c1-13(25)17-12-16(22-18-6-5-11-24(17)18)19(26)23-21(2,3)15-9-7-14(8-10-15)20(27)28-4/h5-12,25H,1H2,2-4H3,(H,23,26). The topological polar surface area (TPSA) is 92.9 Å². The molecule has 0 radical (unpaired) electrons. The second-order valence-corrected chi connectivity index (χ2v) is 6.86. The second kappa shape index (κ2) is 7.19. The molecule has 0 bridgehead atoms. The molecule has 0 saturated carbocycles. The third kappa shape index (κ3) is 3.59. The first kappa shape index (κ1) is 19.2. The van der Waals surface area contributed by atoms with Gasteiger partial charge >= 0.3 is 5.97 Å². The molecule has 2 heterocycles. The highest BCUT2D eigenvalue weighted by molar-refractivity contribution is 5.94. The molecule has 28 heavy (non-hydrogen) atoms. The van der Waals surface area contributed by atoms with Crippen molar-refractivity contribution in [1.29, 1.82) is 0 Å². The Morgan fingerprint density at radius 1 is 1.21 bits per heavy atom. The predicted octanol–water partition coefficient (Wildman–Crippen LogP) is 3.31. The van der Waals surface area contributed by atoms with Crippen LogP contribution in [0.25, 0.3) is 11.4 Å². The van der Waals surface area contributed by atoms with Crippen LogP contribution in [0.2, 0.25) is 0 Å². The minimum Gasteiger partial charge on any atom is -0.506 e. The van der Waals surface area contributed by atoms with Gasteiger partial charge in [0.05, 0.1) is 23.9 Å². The molecule has 1 amide bonds. The monoisotopic (exact) mass is 379 g/mol. The van der Waals surface area contributed by atoms with Crippen LogP contribution in [0.15, 0.2) is 55.2 Å². The van der Waals surface area contributed by atoms with Gasteiger partial charge in [-0.2, -0.15) is 0 Å². The fourth-order valence-electron chi connectivity index (χ4n) is 2.92. The number of rotatable bonds is 5. The lowest BCUT2D eigenvalue weighted by molar-refractivity contribution is 0.0600. The van der Waals surface area contributed by atoms with E-state index in [1.807, 2.05) is 13.8 Å². The molecule has 7 nitrogen and oxygen atoms in total. The molecule has 0 unspecified atom stereocenters. The number of carbonyl (C=O) groups excluding carboxylic acids is 2. The maximum absolute atomic E-state index is 12.8. The van der Waals surface area contributed by atoms with Gasteiger partial charge in [-0.15, -0.1) is 0 Å². The Hall–Kier alpha value is -3.61. The van der Waals surface area contributed by atoms with Crippen LogP contribution < -0.4 is 5.32 Å². The van der Waals surface area contributed by atoms with E-state index in [4.69, 9.17) is 4.74 Å². The summed E-state index contributed by atoms with van der Waals surface area (Å²) >= 11 is 0. The third-order valence-corrected chi connectivity index (χ3v) is 4.48. The second-order valence-electron chi connectivity index (χ2n) is 6.86. The van der Waals surface area contributed by atoms with Crippen molar-refractivity contribution in [3.8, 4) is 0 Å². The van der Waals surface area contributed by atoms with Crippen molar-refractivity contribution in [2.24, 2.45) is 0 Å². The van der Waals surface area contributed by atoms with Crippen LogP contribution >= 0.6 is 0 Å². The number of fused-ring (bicyclic) bond motifs is 1. The summed E-state index contributed by atoms with van der Waals surface area (Å²) in [4.78, 5) is 28.7. The fraction of sp³-hybridized carbons (Fsp3) is 0.190. The highest BCUT2D eigenvalue weighted by Crippen LogP contribution is 2.22. The van der Waals surface area contributed by atoms with Gasteiger partial charge in [-0.1, -0.05) is 18.7 Å². The molecule has 2 aromatic heterocycles. The molecule has 0 saturated heterocycles. The van der Waals surface area contributed by atoms with Gasteiger partial charge in [0.25, 0.3) is 5.91 Å². The number of ether oxygens (including phenoxy) is 1. The quantitative estimate of drug-likeness (QED) is 0.524. The molecule has 0 aliphatic heterocycles. The number of nitrogens with one attached hydrogen (secondary N) is 1. The van der Waals surface area contributed by atoms with Crippen LogP contribution in [0.1, 0.15) is 46.0 Å². The number of hydrogen-bond acceptors (Lipinski definition) is 5. The average Bonchev–Trinajstić information content (AvgIpc) is 3.14.